The van der Waals surface area contributed by atoms with Crippen molar-refractivity contribution < 1.29 is 4.79 Å². The topological polar surface area (TPSA) is 64.0 Å². The summed E-state index contributed by atoms with van der Waals surface area (Å²) in [7, 11) is 1.52. The molecule has 0 aliphatic rings. The maximum absolute atomic E-state index is 12.7. The summed E-state index contributed by atoms with van der Waals surface area (Å²) in [6.45, 7) is 4.11. The van der Waals surface area contributed by atoms with Gasteiger partial charge in [-0.3, -0.25) is 9.59 Å². The van der Waals surface area contributed by atoms with Gasteiger partial charge in [-0.25, -0.2) is 4.68 Å². The highest BCUT2D eigenvalue weighted by molar-refractivity contribution is 5.92. The Bertz CT molecular complexity index is 994. The number of nitrogens with one attached hydrogen (secondary N) is 1. The molecule has 0 fully saturated rings. The number of nitrogens with zero attached hydrogens (tertiary/aromatic N) is 2. The average molecular weight is 347 g/mol. The molecule has 5 heteroatoms. The largest absolute Gasteiger partial charge is 0.340 e. The lowest BCUT2D eigenvalue weighted by atomic mass is 9.95. The molecule has 0 bridgehead atoms. The van der Waals surface area contributed by atoms with Crippen LogP contribution in [-0.4, -0.2) is 15.7 Å². The van der Waals surface area contributed by atoms with Crippen LogP contribution in [0, 0.1) is 13.8 Å². The number of carbonyl (C=O) groups excluding carboxylic acids is 1. The molecule has 1 unspecified atom stereocenters. The molecule has 0 saturated heterocycles. The number of rotatable bonds is 4. The van der Waals surface area contributed by atoms with Gasteiger partial charge in [0.25, 0.3) is 11.5 Å². The predicted molar refractivity (Wildman–Crippen MR) is 101 cm³/mol. The number of benzene rings is 2. The summed E-state index contributed by atoms with van der Waals surface area (Å²) in [4.78, 5) is 24.2. The van der Waals surface area contributed by atoms with Crippen molar-refractivity contribution in [2.75, 3.05) is 0 Å². The van der Waals surface area contributed by atoms with E-state index in [9.17, 15) is 9.59 Å². The van der Waals surface area contributed by atoms with Gasteiger partial charge >= 0.3 is 0 Å². The van der Waals surface area contributed by atoms with E-state index in [1.165, 1.54) is 24.7 Å². The van der Waals surface area contributed by atoms with Gasteiger partial charge in [0.1, 0.15) is 5.69 Å². The van der Waals surface area contributed by atoms with Crippen LogP contribution in [0.1, 0.15) is 38.8 Å². The molecule has 0 radical (unpaired) electrons. The van der Waals surface area contributed by atoms with Crippen molar-refractivity contribution >= 4 is 5.91 Å². The molecule has 1 N–H and O–H groups in total. The molecule has 132 valence electrons. The van der Waals surface area contributed by atoms with Crippen LogP contribution in [0.4, 0.5) is 0 Å². The average Bonchev–Trinajstić information content (AvgIpc) is 2.65. The first-order chi connectivity index (χ1) is 12.5. The van der Waals surface area contributed by atoms with Crippen molar-refractivity contribution in [2.24, 2.45) is 7.05 Å². The molecule has 1 amide bonds. The molecule has 3 rings (SSSR count). The minimum atomic E-state index is -0.326. The second-order valence-electron chi connectivity index (χ2n) is 6.34. The van der Waals surface area contributed by atoms with Gasteiger partial charge in [0.15, 0.2) is 0 Å². The van der Waals surface area contributed by atoms with E-state index >= 15 is 0 Å². The fraction of sp³-hybridized carbons (Fsp3) is 0.190. The van der Waals surface area contributed by atoms with Crippen molar-refractivity contribution in [1.82, 2.24) is 15.1 Å². The maximum Gasteiger partial charge on any atom is 0.272 e. The minimum Gasteiger partial charge on any atom is -0.340 e. The third-order valence-corrected chi connectivity index (χ3v) is 4.47. The Balaban J connectivity index is 1.98. The zero-order valence-electron chi connectivity index (χ0n) is 15.1. The molecule has 5 nitrogen and oxygen atoms in total. The number of hydrogen-bond acceptors (Lipinski definition) is 3. The van der Waals surface area contributed by atoms with Crippen molar-refractivity contribution in [3.8, 4) is 0 Å². The summed E-state index contributed by atoms with van der Waals surface area (Å²) in [6.07, 6.45) is 0. The molecule has 3 aromatic rings. The van der Waals surface area contributed by atoms with Crippen LogP contribution < -0.4 is 10.9 Å². The first kappa shape index (κ1) is 17.6. The van der Waals surface area contributed by atoms with E-state index in [-0.39, 0.29) is 23.2 Å². The lowest BCUT2D eigenvalue weighted by Crippen LogP contribution is -2.32. The van der Waals surface area contributed by atoms with Gasteiger partial charge in [0, 0.05) is 13.1 Å². The second kappa shape index (κ2) is 7.35. The van der Waals surface area contributed by atoms with Gasteiger partial charge < -0.3 is 5.32 Å². The highest BCUT2D eigenvalue weighted by atomic mass is 16.2. The second-order valence-corrected chi connectivity index (χ2v) is 6.34. The van der Waals surface area contributed by atoms with E-state index in [0.29, 0.717) is 0 Å². The lowest BCUT2D eigenvalue weighted by Gasteiger charge is -2.20. The van der Waals surface area contributed by atoms with Crippen molar-refractivity contribution in [3.05, 3.63) is 99.0 Å². The zero-order chi connectivity index (χ0) is 18.7. The Labute approximate surface area is 152 Å². The first-order valence-corrected chi connectivity index (χ1v) is 8.43. The molecule has 1 heterocycles. The standard InChI is InChI=1S/C21H21N3O2/c1-14-9-10-17(13-15(14)2)20(16-7-5-4-6-8-16)22-21(26)18-11-12-19(25)24(3)23-18/h4-13,20H,1-3H3,(H,22,26). The van der Waals surface area contributed by atoms with Gasteiger partial charge in [-0.2, -0.15) is 5.10 Å². The molecule has 0 aliphatic carbocycles. The van der Waals surface area contributed by atoms with Crippen LogP contribution in [0.25, 0.3) is 0 Å². The summed E-state index contributed by atoms with van der Waals surface area (Å²) < 4.78 is 1.16. The number of carbonyl (C=O) groups is 1. The molecule has 0 aliphatic heterocycles. The Hall–Kier alpha value is -3.21. The van der Waals surface area contributed by atoms with Crippen LogP contribution in [0.5, 0.6) is 0 Å². The highest BCUT2D eigenvalue weighted by Gasteiger charge is 2.19. The molecule has 0 saturated carbocycles. The minimum absolute atomic E-state index is 0.205. The summed E-state index contributed by atoms with van der Waals surface area (Å²) >= 11 is 0. The highest BCUT2D eigenvalue weighted by Crippen LogP contribution is 2.24. The van der Waals surface area contributed by atoms with Crippen molar-refractivity contribution in [1.29, 1.82) is 0 Å². The normalized spacial score (nSPS) is 11.8. The van der Waals surface area contributed by atoms with E-state index in [4.69, 9.17) is 0 Å². The van der Waals surface area contributed by atoms with E-state index in [1.54, 1.807) is 0 Å². The van der Waals surface area contributed by atoms with E-state index in [1.807, 2.05) is 36.4 Å². The third kappa shape index (κ3) is 3.72. The predicted octanol–water partition coefficient (Wildman–Crippen LogP) is 2.92. The van der Waals surface area contributed by atoms with Crippen LogP contribution in [0.15, 0.2) is 65.5 Å². The van der Waals surface area contributed by atoms with Crippen LogP contribution in [-0.2, 0) is 7.05 Å². The molecule has 1 atom stereocenters. The molecule has 2 aromatic carbocycles. The Morgan fingerprint density at radius 2 is 1.69 bits per heavy atom. The van der Waals surface area contributed by atoms with Crippen LogP contribution in [0.3, 0.4) is 0 Å². The van der Waals surface area contributed by atoms with E-state index < -0.39 is 0 Å². The van der Waals surface area contributed by atoms with Gasteiger partial charge in [-0.05, 0) is 42.2 Å². The molecule has 0 spiro atoms. The third-order valence-electron chi connectivity index (χ3n) is 4.47. The Kier molecular flexibility index (Phi) is 4.98. The fourth-order valence-electron chi connectivity index (χ4n) is 2.78. The molecular weight excluding hydrogens is 326 g/mol. The summed E-state index contributed by atoms with van der Waals surface area (Å²) in [5, 5.41) is 7.08. The van der Waals surface area contributed by atoms with Gasteiger partial charge in [0.2, 0.25) is 0 Å². The Morgan fingerprint density at radius 3 is 2.35 bits per heavy atom. The van der Waals surface area contributed by atoms with Crippen LogP contribution >= 0.6 is 0 Å². The monoisotopic (exact) mass is 347 g/mol. The number of aryl methyl sites for hydroxylation is 3. The summed E-state index contributed by atoms with van der Waals surface area (Å²) in [6, 6.07) is 18.4. The molecule has 26 heavy (non-hydrogen) atoms. The lowest BCUT2D eigenvalue weighted by molar-refractivity contribution is 0.0935. The van der Waals surface area contributed by atoms with Crippen molar-refractivity contribution in [3.63, 3.8) is 0 Å². The van der Waals surface area contributed by atoms with Gasteiger partial charge in [0.05, 0.1) is 6.04 Å². The van der Waals surface area contributed by atoms with E-state index in [2.05, 4.69) is 36.4 Å². The van der Waals surface area contributed by atoms with Crippen molar-refractivity contribution in [2.45, 2.75) is 19.9 Å². The summed E-state index contributed by atoms with van der Waals surface area (Å²) in [5.74, 6) is -0.326. The zero-order valence-corrected chi connectivity index (χ0v) is 15.1. The van der Waals surface area contributed by atoms with Gasteiger partial charge in [-0.1, -0.05) is 48.5 Å². The smallest absolute Gasteiger partial charge is 0.272 e. The maximum atomic E-state index is 12.7. The first-order valence-electron chi connectivity index (χ1n) is 8.43. The molecular formula is C21H21N3O2. The number of hydrogen-bond donors (Lipinski definition) is 1. The number of amides is 1. The number of aromatic nitrogens is 2. The fourth-order valence-corrected chi connectivity index (χ4v) is 2.78. The van der Waals surface area contributed by atoms with Crippen LogP contribution in [0.2, 0.25) is 0 Å². The quantitative estimate of drug-likeness (QED) is 0.789. The summed E-state index contributed by atoms with van der Waals surface area (Å²) in [5.41, 5.74) is 4.29. The molecule has 1 aromatic heterocycles. The van der Waals surface area contributed by atoms with Gasteiger partial charge in [-0.15, -0.1) is 0 Å². The SMILES string of the molecule is Cc1ccc(C(NC(=O)c2ccc(=O)n(C)n2)c2ccccc2)cc1C. The Morgan fingerprint density at radius 1 is 0.962 bits per heavy atom. The van der Waals surface area contributed by atoms with E-state index in [0.717, 1.165) is 21.4 Å².